The van der Waals surface area contributed by atoms with Gasteiger partial charge in [-0.15, -0.1) is 5.10 Å². The Labute approximate surface area is 338 Å². The van der Waals surface area contributed by atoms with Gasteiger partial charge in [-0.3, -0.25) is 24.6 Å². The van der Waals surface area contributed by atoms with Gasteiger partial charge in [0.05, 0.1) is 6.04 Å². The fraction of sp³-hybridized carbons (Fsp3) is 0.238. The first-order chi connectivity index (χ1) is 28.5. The number of para-hydroxylation sites is 2. The van der Waals surface area contributed by atoms with Gasteiger partial charge in [-0.2, -0.15) is 14.7 Å². The quantitative estimate of drug-likeness (QED) is 0.189. The highest BCUT2D eigenvalue weighted by molar-refractivity contribution is 6.02. The fourth-order valence-corrected chi connectivity index (χ4v) is 6.47. The first-order valence-corrected chi connectivity index (χ1v) is 18.5. The van der Waals surface area contributed by atoms with Crippen LogP contribution in [0.3, 0.4) is 0 Å². The lowest BCUT2D eigenvalue weighted by atomic mass is 10.1. The molecule has 8 rings (SSSR count). The van der Waals surface area contributed by atoms with Crippen molar-refractivity contribution in [2.45, 2.75) is 50.6 Å². The summed E-state index contributed by atoms with van der Waals surface area (Å²) < 4.78 is 26.9. The van der Waals surface area contributed by atoms with E-state index in [0.29, 0.717) is 42.0 Å². The molecule has 15 nitrogen and oxygen atoms in total. The van der Waals surface area contributed by atoms with Crippen LogP contribution in [0.4, 0.5) is 20.2 Å². The normalized spacial score (nSPS) is 15.5. The molecule has 2 atom stereocenters. The second kappa shape index (κ2) is 20.8. The molecule has 3 amide bonds. The molecule has 17 heteroatoms. The molecule has 0 aliphatic carbocycles. The second-order valence-electron chi connectivity index (χ2n) is 13.4. The van der Waals surface area contributed by atoms with Crippen LogP contribution in [0.2, 0.25) is 0 Å². The van der Waals surface area contributed by atoms with E-state index in [1.54, 1.807) is 60.3 Å². The Morgan fingerprint density at radius 3 is 1.83 bits per heavy atom. The first-order valence-electron chi connectivity index (χ1n) is 18.5. The maximum atomic E-state index is 13.8. The number of anilines is 2. The average molecular weight is 805 g/mol. The van der Waals surface area contributed by atoms with E-state index in [1.807, 2.05) is 42.5 Å². The zero-order chi connectivity index (χ0) is 42.3. The largest absolute Gasteiger partial charge is 0.373 e. The molecule has 0 spiro atoms. The van der Waals surface area contributed by atoms with Crippen molar-refractivity contribution in [3.05, 3.63) is 155 Å². The molecule has 0 unspecified atom stereocenters. The number of carbonyl (C=O) groups excluding carboxylic acids is 5. The predicted octanol–water partition coefficient (Wildman–Crippen LogP) is 4.12. The summed E-state index contributed by atoms with van der Waals surface area (Å²) >= 11 is 0. The number of hydrogen-bond acceptors (Lipinski definition) is 10. The third-order valence-corrected chi connectivity index (χ3v) is 9.55. The first kappa shape index (κ1) is 42.9. The molecule has 59 heavy (non-hydrogen) atoms. The van der Waals surface area contributed by atoms with E-state index in [4.69, 9.17) is 15.3 Å². The number of H-pyrrole nitrogens is 2. The minimum absolute atomic E-state index is 0.00921. The molecular formula is C42H42F2N10O5. The van der Waals surface area contributed by atoms with E-state index in [0.717, 1.165) is 29.8 Å². The van der Waals surface area contributed by atoms with Crippen LogP contribution < -0.4 is 20.9 Å². The number of aromatic amines is 2. The van der Waals surface area contributed by atoms with Gasteiger partial charge in [-0.25, -0.2) is 18.7 Å². The van der Waals surface area contributed by atoms with Crippen LogP contribution in [0.1, 0.15) is 57.4 Å². The Kier molecular flexibility index (Phi) is 15.1. The van der Waals surface area contributed by atoms with Crippen molar-refractivity contribution >= 4 is 35.2 Å². The topological polar surface area (TPSA) is 213 Å². The van der Waals surface area contributed by atoms with Crippen LogP contribution in [0.5, 0.6) is 0 Å². The van der Waals surface area contributed by atoms with Crippen LogP contribution in [-0.2, 0) is 44.9 Å². The van der Waals surface area contributed by atoms with Crippen LogP contribution in [0.15, 0.2) is 103 Å². The number of nitrogens with zero attached hydrogens (tertiary/aromatic N) is 6. The van der Waals surface area contributed by atoms with Crippen LogP contribution in [0.25, 0.3) is 0 Å². The van der Waals surface area contributed by atoms with Gasteiger partial charge in [0, 0.05) is 38.3 Å². The lowest BCUT2D eigenvalue weighted by molar-refractivity contribution is -0.191. The SMILES string of the molecule is CN1C(=O)[C@@H](N)CCc2ccccc21.CN1C(=O)[C@@H](NC(=O)c2n[nH]c(Cc3ccccc3F)n2)CCc2ccccc21.Fc1ccccc1Cc1ncn[nH]1.O=C=O. The third kappa shape index (κ3) is 11.4. The Hall–Kier alpha value is -7.23. The van der Waals surface area contributed by atoms with Crippen LogP contribution in [-0.4, -0.2) is 80.4 Å². The number of nitrogens with two attached hydrogens (primary N) is 1. The molecule has 0 bridgehead atoms. The Morgan fingerprint density at radius 2 is 1.27 bits per heavy atom. The van der Waals surface area contributed by atoms with Gasteiger partial charge in [0.15, 0.2) is 0 Å². The van der Waals surface area contributed by atoms with Crippen molar-refractivity contribution in [1.82, 2.24) is 35.7 Å². The van der Waals surface area contributed by atoms with E-state index in [-0.39, 0.29) is 47.9 Å². The van der Waals surface area contributed by atoms with Crippen molar-refractivity contribution in [2.24, 2.45) is 5.73 Å². The highest BCUT2D eigenvalue weighted by Gasteiger charge is 2.30. The summed E-state index contributed by atoms with van der Waals surface area (Å²) in [4.78, 5) is 64.6. The Balaban J connectivity index is 0.000000183. The van der Waals surface area contributed by atoms with Gasteiger partial charge in [0.1, 0.15) is 35.7 Å². The Morgan fingerprint density at radius 1 is 0.763 bits per heavy atom. The average Bonchev–Trinajstić information content (AvgIpc) is 3.92. The standard InChI is InChI=1S/C21H20FN5O2.C11H14N2O.C9H8FN3.CO2/c1-27-17-9-5-3-6-13(17)10-11-16(21(27)29)23-20(28)19-24-18(25-26-19)12-14-7-2-4-8-15(14)22;1-13-10-5-3-2-4-8(10)6-7-9(12)11(13)14;10-8-4-2-1-3-7(8)5-9-11-6-12-13-9;2-1-3/h2-9,16H,10-12H2,1H3,(H,23,28)(H,24,25,26);2-5,9H,6-7,12H2,1H3;1-4,6H,5H2,(H,11,12,13);/t16-;9-;;/m00../s1. The summed E-state index contributed by atoms with van der Waals surface area (Å²) in [6.07, 6.45) is 5.08. The van der Waals surface area contributed by atoms with Crippen molar-refractivity contribution in [3.63, 3.8) is 0 Å². The van der Waals surface area contributed by atoms with Crippen molar-refractivity contribution in [2.75, 3.05) is 23.9 Å². The summed E-state index contributed by atoms with van der Waals surface area (Å²) in [5.41, 5.74) is 10.9. The maximum absolute atomic E-state index is 13.8. The maximum Gasteiger partial charge on any atom is 0.373 e. The van der Waals surface area contributed by atoms with Crippen LogP contribution in [0, 0.1) is 11.6 Å². The highest BCUT2D eigenvalue weighted by atomic mass is 19.1. The monoisotopic (exact) mass is 804 g/mol. The van der Waals surface area contributed by atoms with Gasteiger partial charge in [-0.1, -0.05) is 72.8 Å². The summed E-state index contributed by atoms with van der Waals surface area (Å²) in [6.45, 7) is 0. The molecule has 0 saturated heterocycles. The number of likely N-dealkylation sites (N-methyl/N-ethyl adjacent to an activating group) is 2. The molecule has 2 aliphatic rings. The smallest absolute Gasteiger partial charge is 0.337 e. The number of carbonyl (C=O) groups is 3. The number of hydrogen-bond donors (Lipinski definition) is 4. The molecule has 0 radical (unpaired) electrons. The number of benzene rings is 4. The number of rotatable bonds is 6. The molecule has 0 saturated carbocycles. The molecule has 304 valence electrons. The lowest BCUT2D eigenvalue weighted by Crippen LogP contribution is -2.47. The molecule has 5 N–H and O–H groups in total. The predicted molar refractivity (Wildman–Crippen MR) is 212 cm³/mol. The number of aromatic nitrogens is 6. The number of amides is 3. The summed E-state index contributed by atoms with van der Waals surface area (Å²) in [7, 11) is 3.48. The van der Waals surface area contributed by atoms with Crippen molar-refractivity contribution < 1.29 is 32.8 Å². The van der Waals surface area contributed by atoms with Crippen molar-refractivity contribution in [3.8, 4) is 0 Å². The van der Waals surface area contributed by atoms with Gasteiger partial charge >= 0.3 is 6.15 Å². The number of halogens is 2. The van der Waals surface area contributed by atoms with E-state index in [9.17, 15) is 23.2 Å². The third-order valence-electron chi connectivity index (χ3n) is 9.55. The molecule has 2 aromatic heterocycles. The van der Waals surface area contributed by atoms with Gasteiger partial charge in [0.2, 0.25) is 17.6 Å². The summed E-state index contributed by atoms with van der Waals surface area (Å²) in [6, 6.07) is 27.6. The molecular weight excluding hydrogens is 763 g/mol. The van der Waals surface area contributed by atoms with Gasteiger partial charge in [0.25, 0.3) is 5.91 Å². The Bertz CT molecular complexity index is 2380. The number of fused-ring (bicyclic) bond motifs is 2. The van der Waals surface area contributed by atoms with E-state index >= 15 is 0 Å². The molecule has 6 aromatic rings. The number of nitrogens with one attached hydrogen (secondary N) is 3. The van der Waals surface area contributed by atoms with Crippen molar-refractivity contribution in [1.29, 1.82) is 0 Å². The second-order valence-corrected chi connectivity index (χ2v) is 13.4. The molecule has 4 aromatic carbocycles. The van der Waals surface area contributed by atoms with Crippen LogP contribution >= 0.6 is 0 Å². The summed E-state index contributed by atoms with van der Waals surface area (Å²) in [5.74, 6) is -0.310. The van der Waals surface area contributed by atoms with Gasteiger partial charge in [-0.05, 0) is 72.2 Å². The zero-order valence-corrected chi connectivity index (χ0v) is 32.3. The molecule has 0 fully saturated rings. The van der Waals surface area contributed by atoms with E-state index in [1.165, 1.54) is 24.0 Å². The van der Waals surface area contributed by atoms with E-state index in [2.05, 4.69) is 41.7 Å². The lowest BCUT2D eigenvalue weighted by Gasteiger charge is -2.21. The summed E-state index contributed by atoms with van der Waals surface area (Å²) in [5, 5.41) is 15.7. The molecule has 4 heterocycles. The van der Waals surface area contributed by atoms with Gasteiger partial charge < -0.3 is 20.9 Å². The minimum atomic E-state index is -0.673. The minimum Gasteiger partial charge on any atom is -0.337 e. The fourth-order valence-electron chi connectivity index (χ4n) is 6.47. The highest BCUT2D eigenvalue weighted by Crippen LogP contribution is 2.26. The number of aryl methyl sites for hydroxylation is 2. The van der Waals surface area contributed by atoms with E-state index < -0.39 is 11.9 Å². The molecule has 2 aliphatic heterocycles. The zero-order valence-electron chi connectivity index (χ0n) is 32.3.